The van der Waals surface area contributed by atoms with Crippen molar-refractivity contribution < 1.29 is 0 Å². The van der Waals surface area contributed by atoms with Crippen LogP contribution in [-0.2, 0) is 0 Å². The van der Waals surface area contributed by atoms with Crippen LogP contribution in [0.4, 0.5) is 0 Å². The van der Waals surface area contributed by atoms with Crippen LogP contribution in [0.2, 0.25) is 0 Å². The Hall–Kier alpha value is -1.33. The molecule has 0 radical (unpaired) electrons. The van der Waals surface area contributed by atoms with E-state index < -0.39 is 0 Å². The summed E-state index contributed by atoms with van der Waals surface area (Å²) in [4.78, 5) is 1.92. The second-order valence-electron chi connectivity index (χ2n) is 5.51. The minimum Gasteiger partial charge on any atom is -0.363 e. The van der Waals surface area contributed by atoms with Gasteiger partial charge >= 0.3 is 0 Å². The molecular formula is C17H30N4S. The van der Waals surface area contributed by atoms with Crippen molar-refractivity contribution in [1.29, 1.82) is 10.5 Å². The summed E-state index contributed by atoms with van der Waals surface area (Å²) in [6, 6.07) is 4.24. The Bertz CT molecular complexity index is 339. The summed E-state index contributed by atoms with van der Waals surface area (Å²) in [5, 5.41) is 21.3. The van der Waals surface area contributed by atoms with Crippen molar-refractivity contribution in [3.8, 4) is 12.1 Å². The number of hydrogen-bond donors (Lipinski definition) is 1. The summed E-state index contributed by atoms with van der Waals surface area (Å²) in [6.07, 6.45) is 11.2. The zero-order valence-electron chi connectivity index (χ0n) is 13.9. The monoisotopic (exact) mass is 322 g/mol. The Morgan fingerprint density at radius 3 is 1.91 bits per heavy atom. The van der Waals surface area contributed by atoms with Gasteiger partial charge in [-0.05, 0) is 18.6 Å². The van der Waals surface area contributed by atoms with Gasteiger partial charge in [-0.25, -0.2) is 0 Å². The first kappa shape index (κ1) is 20.7. The predicted octanol–water partition coefficient (Wildman–Crippen LogP) is 4.13. The average Bonchev–Trinajstić information content (AvgIpc) is 2.53. The third-order valence-corrected chi connectivity index (χ3v) is 3.98. The van der Waals surface area contributed by atoms with E-state index in [9.17, 15) is 0 Å². The molecule has 5 heteroatoms. The van der Waals surface area contributed by atoms with Gasteiger partial charge in [0.25, 0.3) is 0 Å². The van der Waals surface area contributed by atoms with Gasteiger partial charge in [0.05, 0.1) is 25.0 Å². The Morgan fingerprint density at radius 1 is 0.909 bits per heavy atom. The number of nitrogens with one attached hydrogen (secondary N) is 1. The molecule has 0 heterocycles. The van der Waals surface area contributed by atoms with Crippen LogP contribution in [-0.4, -0.2) is 29.6 Å². The maximum absolute atomic E-state index is 8.67. The topological polar surface area (TPSA) is 62.9 Å². The van der Waals surface area contributed by atoms with Crippen molar-refractivity contribution >= 4 is 17.3 Å². The molecule has 0 fully saturated rings. The minimum absolute atomic E-state index is 0.436. The molecule has 0 saturated heterocycles. The van der Waals surface area contributed by atoms with Gasteiger partial charge in [-0.1, -0.05) is 51.9 Å². The van der Waals surface area contributed by atoms with Crippen molar-refractivity contribution in [2.24, 2.45) is 0 Å². The Balaban J connectivity index is 3.67. The lowest BCUT2D eigenvalue weighted by Gasteiger charge is -2.23. The molecule has 22 heavy (non-hydrogen) atoms. The molecule has 0 aromatic rings. The maximum Gasteiger partial charge on any atom is 0.168 e. The number of nitriles is 2. The largest absolute Gasteiger partial charge is 0.363 e. The van der Waals surface area contributed by atoms with Gasteiger partial charge in [-0.2, -0.15) is 10.5 Å². The lowest BCUT2D eigenvalue weighted by atomic mass is 10.1. The van der Waals surface area contributed by atoms with Crippen molar-refractivity contribution in [3.05, 3.63) is 0 Å². The summed E-state index contributed by atoms with van der Waals surface area (Å²) in [6.45, 7) is 4.32. The smallest absolute Gasteiger partial charge is 0.168 e. The number of nitrogens with zero attached hydrogens (tertiary/aromatic N) is 3. The van der Waals surface area contributed by atoms with Gasteiger partial charge in [-0.15, -0.1) is 0 Å². The number of rotatable bonds is 13. The number of hydrogen-bond acceptors (Lipinski definition) is 3. The molecule has 0 unspecified atom stereocenters. The summed E-state index contributed by atoms with van der Waals surface area (Å²) in [7, 11) is 0. The van der Waals surface area contributed by atoms with E-state index in [1.807, 2.05) is 4.90 Å². The lowest BCUT2D eigenvalue weighted by molar-refractivity contribution is 0.427. The van der Waals surface area contributed by atoms with E-state index in [2.05, 4.69) is 24.4 Å². The molecule has 0 aromatic heterocycles. The predicted molar refractivity (Wildman–Crippen MR) is 95.2 cm³/mol. The molecule has 0 saturated carbocycles. The highest BCUT2D eigenvalue weighted by molar-refractivity contribution is 7.80. The molecule has 0 spiro atoms. The molecular weight excluding hydrogens is 292 g/mol. The van der Waals surface area contributed by atoms with Crippen molar-refractivity contribution in [1.82, 2.24) is 10.2 Å². The molecule has 0 aliphatic rings. The van der Waals surface area contributed by atoms with Crippen molar-refractivity contribution in [3.63, 3.8) is 0 Å². The lowest BCUT2D eigenvalue weighted by Crippen LogP contribution is -2.41. The minimum atomic E-state index is 0.436. The van der Waals surface area contributed by atoms with E-state index in [0.29, 0.717) is 31.0 Å². The highest BCUT2D eigenvalue weighted by Crippen LogP contribution is 2.08. The normalized spacial score (nSPS) is 9.77. The van der Waals surface area contributed by atoms with E-state index in [4.69, 9.17) is 22.7 Å². The Kier molecular flexibility index (Phi) is 15.1. The number of thiocarbonyl (C=S) groups is 1. The maximum atomic E-state index is 8.67. The van der Waals surface area contributed by atoms with Crippen molar-refractivity contribution in [2.75, 3.05) is 19.6 Å². The fourth-order valence-electron chi connectivity index (χ4n) is 2.25. The summed E-state index contributed by atoms with van der Waals surface area (Å²) >= 11 is 5.35. The number of unbranched alkanes of at least 4 members (excludes halogenated alkanes) is 7. The summed E-state index contributed by atoms with van der Waals surface area (Å²) in [5.74, 6) is 0. The second-order valence-corrected chi connectivity index (χ2v) is 5.90. The van der Waals surface area contributed by atoms with Crippen LogP contribution >= 0.6 is 12.2 Å². The van der Waals surface area contributed by atoms with E-state index in [-0.39, 0.29) is 0 Å². The molecule has 0 amide bonds. The first-order valence-electron chi connectivity index (χ1n) is 8.53. The van der Waals surface area contributed by atoms with Gasteiger partial charge in [0, 0.05) is 19.6 Å². The van der Waals surface area contributed by atoms with E-state index >= 15 is 0 Å². The Labute approximate surface area is 141 Å². The summed E-state index contributed by atoms with van der Waals surface area (Å²) < 4.78 is 0. The highest BCUT2D eigenvalue weighted by Gasteiger charge is 2.08. The van der Waals surface area contributed by atoms with Crippen LogP contribution in [0.1, 0.15) is 71.1 Å². The fraction of sp³-hybridized carbons (Fsp3) is 0.824. The van der Waals surface area contributed by atoms with Gasteiger partial charge < -0.3 is 10.2 Å². The SMILES string of the molecule is CCCCCCCCCCNC(=S)N(CCC#N)CCC#N. The third-order valence-electron chi connectivity index (χ3n) is 3.58. The molecule has 124 valence electrons. The van der Waals surface area contributed by atoms with Crippen LogP contribution in [0.25, 0.3) is 0 Å². The molecule has 0 rings (SSSR count). The highest BCUT2D eigenvalue weighted by atomic mass is 32.1. The van der Waals surface area contributed by atoms with Crippen LogP contribution in [0, 0.1) is 22.7 Å². The first-order valence-corrected chi connectivity index (χ1v) is 8.93. The van der Waals surface area contributed by atoms with Gasteiger partial charge in [0.1, 0.15) is 0 Å². The fourth-order valence-corrected chi connectivity index (χ4v) is 2.54. The average molecular weight is 323 g/mol. The van der Waals surface area contributed by atoms with Crippen molar-refractivity contribution in [2.45, 2.75) is 71.1 Å². The van der Waals surface area contributed by atoms with Crippen LogP contribution < -0.4 is 5.32 Å². The van der Waals surface area contributed by atoms with Gasteiger partial charge in [-0.3, -0.25) is 0 Å². The molecule has 0 aliphatic heterocycles. The molecule has 0 aromatic carbocycles. The van der Waals surface area contributed by atoms with E-state index in [1.165, 1.54) is 44.9 Å². The van der Waals surface area contributed by atoms with Gasteiger partial charge in [0.15, 0.2) is 5.11 Å². The molecule has 0 bridgehead atoms. The van der Waals surface area contributed by atoms with E-state index in [0.717, 1.165) is 13.0 Å². The third kappa shape index (κ3) is 12.4. The van der Waals surface area contributed by atoms with E-state index in [1.54, 1.807) is 0 Å². The first-order chi connectivity index (χ1) is 10.8. The van der Waals surface area contributed by atoms with Crippen LogP contribution in [0.3, 0.4) is 0 Å². The zero-order chi connectivity index (χ0) is 16.5. The van der Waals surface area contributed by atoms with Crippen LogP contribution in [0.15, 0.2) is 0 Å². The van der Waals surface area contributed by atoms with Gasteiger partial charge in [0.2, 0.25) is 0 Å². The quantitative estimate of drug-likeness (QED) is 0.408. The molecule has 0 atom stereocenters. The molecule has 0 aliphatic carbocycles. The zero-order valence-corrected chi connectivity index (χ0v) is 14.8. The molecule has 4 nitrogen and oxygen atoms in total. The Morgan fingerprint density at radius 2 is 1.41 bits per heavy atom. The molecule has 1 N–H and O–H groups in total. The second kappa shape index (κ2) is 16.0. The summed E-state index contributed by atoms with van der Waals surface area (Å²) in [5.41, 5.74) is 0. The standard InChI is InChI=1S/C17H30N4S/c1-2-3-4-5-6-7-8-9-14-20-17(22)21(15-10-12-18)16-11-13-19/h2-11,14-16H2,1H3,(H,20,22). The van der Waals surface area contributed by atoms with Crippen LogP contribution in [0.5, 0.6) is 0 Å².